The second-order valence-electron chi connectivity index (χ2n) is 4.17. The van der Waals surface area contributed by atoms with Crippen molar-refractivity contribution in [1.82, 2.24) is 15.5 Å². The molecule has 1 heterocycles. The van der Waals surface area contributed by atoms with Gasteiger partial charge in [0.15, 0.2) is 11.6 Å². The van der Waals surface area contributed by atoms with Gasteiger partial charge in [-0.25, -0.2) is 4.39 Å². The van der Waals surface area contributed by atoms with Gasteiger partial charge in [0.2, 0.25) is 5.91 Å². The number of hydrogen-bond donors (Lipinski definition) is 3. The van der Waals surface area contributed by atoms with Crippen LogP contribution in [0, 0.1) is 5.82 Å². The number of nitrogens with zero attached hydrogens (tertiary/aromatic N) is 1. The van der Waals surface area contributed by atoms with E-state index in [1.807, 2.05) is 0 Å². The Kier molecular flexibility index (Phi) is 4.12. The number of aromatic nitrogens is 2. The molecule has 1 aromatic carbocycles. The quantitative estimate of drug-likeness (QED) is 0.757. The van der Waals surface area contributed by atoms with Gasteiger partial charge in [0, 0.05) is 12.7 Å². The molecular weight excluding hydrogens is 249 g/mol. The molecule has 2 rings (SSSR count). The number of phenolic OH excluding ortho intramolecular Hbond substituents is 1. The van der Waals surface area contributed by atoms with Crippen LogP contribution in [0.3, 0.4) is 0 Å². The molecule has 6 heteroatoms. The second kappa shape index (κ2) is 5.99. The number of phenols is 1. The van der Waals surface area contributed by atoms with Crippen molar-refractivity contribution in [3.63, 3.8) is 0 Å². The highest BCUT2D eigenvalue weighted by Crippen LogP contribution is 2.16. The first-order chi connectivity index (χ1) is 9.15. The fourth-order valence-electron chi connectivity index (χ4n) is 1.67. The van der Waals surface area contributed by atoms with Crippen molar-refractivity contribution in [1.29, 1.82) is 0 Å². The first-order valence-corrected chi connectivity index (χ1v) is 5.87. The Hall–Kier alpha value is -2.37. The molecule has 0 saturated heterocycles. The smallest absolute Gasteiger partial charge is 0.224 e. The van der Waals surface area contributed by atoms with Gasteiger partial charge in [-0.15, -0.1) is 0 Å². The van der Waals surface area contributed by atoms with E-state index in [2.05, 4.69) is 15.5 Å². The van der Waals surface area contributed by atoms with Crippen LogP contribution in [-0.4, -0.2) is 27.8 Å². The average molecular weight is 263 g/mol. The molecule has 0 radical (unpaired) electrons. The number of carbonyl (C=O) groups is 1. The minimum Gasteiger partial charge on any atom is -0.505 e. The fraction of sp³-hybridized carbons (Fsp3) is 0.231. The SMILES string of the molecule is O=C(Cc1ccc(O)c(F)c1)NCCc1cn[nH]c1. The van der Waals surface area contributed by atoms with E-state index in [4.69, 9.17) is 5.11 Å². The summed E-state index contributed by atoms with van der Waals surface area (Å²) in [6.45, 7) is 0.499. The Morgan fingerprint density at radius 3 is 2.95 bits per heavy atom. The van der Waals surface area contributed by atoms with Crippen LogP contribution in [0.25, 0.3) is 0 Å². The van der Waals surface area contributed by atoms with E-state index in [0.717, 1.165) is 11.6 Å². The van der Waals surface area contributed by atoms with E-state index in [1.54, 1.807) is 12.4 Å². The minimum absolute atomic E-state index is 0.0859. The summed E-state index contributed by atoms with van der Waals surface area (Å²) >= 11 is 0. The van der Waals surface area contributed by atoms with E-state index in [0.29, 0.717) is 18.5 Å². The van der Waals surface area contributed by atoms with Crippen LogP contribution < -0.4 is 5.32 Å². The maximum Gasteiger partial charge on any atom is 0.224 e. The highest BCUT2D eigenvalue weighted by Gasteiger charge is 2.06. The normalized spacial score (nSPS) is 10.4. The van der Waals surface area contributed by atoms with Gasteiger partial charge in [0.25, 0.3) is 0 Å². The Morgan fingerprint density at radius 1 is 1.42 bits per heavy atom. The largest absolute Gasteiger partial charge is 0.505 e. The summed E-state index contributed by atoms with van der Waals surface area (Å²) in [5, 5.41) is 18.3. The maximum absolute atomic E-state index is 13.1. The topological polar surface area (TPSA) is 78.0 Å². The van der Waals surface area contributed by atoms with Gasteiger partial charge in [-0.1, -0.05) is 6.07 Å². The summed E-state index contributed by atoms with van der Waals surface area (Å²) < 4.78 is 13.1. The van der Waals surface area contributed by atoms with Crippen molar-refractivity contribution in [3.8, 4) is 5.75 Å². The molecule has 3 N–H and O–H groups in total. The molecule has 19 heavy (non-hydrogen) atoms. The van der Waals surface area contributed by atoms with E-state index in [1.165, 1.54) is 12.1 Å². The molecule has 2 aromatic rings. The molecule has 5 nitrogen and oxygen atoms in total. The van der Waals surface area contributed by atoms with Crippen molar-refractivity contribution in [3.05, 3.63) is 47.5 Å². The van der Waals surface area contributed by atoms with Crippen LogP contribution in [0.1, 0.15) is 11.1 Å². The maximum atomic E-state index is 13.1. The molecule has 0 aliphatic heterocycles. The lowest BCUT2D eigenvalue weighted by Crippen LogP contribution is -2.27. The first-order valence-electron chi connectivity index (χ1n) is 5.87. The number of amides is 1. The number of halogens is 1. The second-order valence-corrected chi connectivity index (χ2v) is 4.17. The standard InChI is InChI=1S/C13H14FN3O2/c14-11-5-9(1-2-12(11)18)6-13(19)15-4-3-10-7-16-17-8-10/h1-2,5,7-8,18H,3-4,6H2,(H,15,19)(H,16,17). The van der Waals surface area contributed by atoms with Gasteiger partial charge >= 0.3 is 0 Å². The molecule has 0 atom stereocenters. The van der Waals surface area contributed by atoms with Crippen LogP contribution >= 0.6 is 0 Å². The van der Waals surface area contributed by atoms with Gasteiger partial charge in [-0.05, 0) is 29.7 Å². The highest BCUT2D eigenvalue weighted by molar-refractivity contribution is 5.78. The Morgan fingerprint density at radius 2 is 2.26 bits per heavy atom. The molecule has 0 aliphatic rings. The van der Waals surface area contributed by atoms with Crippen molar-refractivity contribution in [2.24, 2.45) is 0 Å². The van der Waals surface area contributed by atoms with Crippen LogP contribution in [0.5, 0.6) is 5.75 Å². The Bertz CT molecular complexity index is 555. The molecular formula is C13H14FN3O2. The number of rotatable bonds is 5. The summed E-state index contributed by atoms with van der Waals surface area (Å²) in [5.41, 5.74) is 1.53. The summed E-state index contributed by atoms with van der Waals surface area (Å²) in [7, 11) is 0. The third-order valence-electron chi connectivity index (χ3n) is 2.67. The van der Waals surface area contributed by atoms with Crippen LogP contribution in [0.4, 0.5) is 4.39 Å². The monoisotopic (exact) mass is 263 g/mol. The summed E-state index contributed by atoms with van der Waals surface area (Å²) in [6, 6.07) is 3.92. The molecule has 1 aromatic heterocycles. The number of hydrogen-bond acceptors (Lipinski definition) is 3. The molecule has 0 aliphatic carbocycles. The number of H-pyrrole nitrogens is 1. The summed E-state index contributed by atoms with van der Waals surface area (Å²) in [4.78, 5) is 11.6. The predicted molar refractivity (Wildman–Crippen MR) is 67.1 cm³/mol. The van der Waals surface area contributed by atoms with Crippen molar-refractivity contribution >= 4 is 5.91 Å². The van der Waals surface area contributed by atoms with E-state index >= 15 is 0 Å². The number of carbonyl (C=O) groups excluding carboxylic acids is 1. The number of aromatic hydroxyl groups is 1. The van der Waals surface area contributed by atoms with E-state index in [9.17, 15) is 9.18 Å². The molecule has 1 amide bonds. The summed E-state index contributed by atoms with van der Waals surface area (Å²) in [6.07, 6.45) is 4.23. The minimum atomic E-state index is -0.719. The Labute approximate surface area is 109 Å². The molecule has 0 unspecified atom stereocenters. The van der Waals surface area contributed by atoms with Crippen LogP contribution in [0.15, 0.2) is 30.6 Å². The zero-order valence-electron chi connectivity index (χ0n) is 10.2. The lowest BCUT2D eigenvalue weighted by molar-refractivity contribution is -0.120. The van der Waals surface area contributed by atoms with Crippen LogP contribution in [-0.2, 0) is 17.6 Å². The Balaban J connectivity index is 1.79. The number of benzene rings is 1. The van der Waals surface area contributed by atoms with Gasteiger partial charge in [-0.3, -0.25) is 9.89 Å². The fourth-order valence-corrected chi connectivity index (χ4v) is 1.67. The zero-order valence-corrected chi connectivity index (χ0v) is 10.2. The molecule has 0 saturated carbocycles. The third kappa shape index (κ3) is 3.80. The lowest BCUT2D eigenvalue weighted by Gasteiger charge is -2.05. The van der Waals surface area contributed by atoms with Crippen LogP contribution in [0.2, 0.25) is 0 Å². The molecule has 0 spiro atoms. The average Bonchev–Trinajstić information content (AvgIpc) is 2.87. The number of nitrogens with one attached hydrogen (secondary N) is 2. The number of aromatic amines is 1. The molecule has 0 fully saturated rings. The highest BCUT2D eigenvalue weighted by atomic mass is 19.1. The van der Waals surface area contributed by atoms with Crippen molar-refractivity contribution in [2.45, 2.75) is 12.8 Å². The van der Waals surface area contributed by atoms with E-state index in [-0.39, 0.29) is 12.3 Å². The predicted octanol–water partition coefficient (Wildman–Crippen LogP) is 1.16. The molecule has 0 bridgehead atoms. The van der Waals surface area contributed by atoms with Crippen molar-refractivity contribution in [2.75, 3.05) is 6.54 Å². The van der Waals surface area contributed by atoms with Gasteiger partial charge < -0.3 is 10.4 Å². The van der Waals surface area contributed by atoms with Crippen molar-refractivity contribution < 1.29 is 14.3 Å². The lowest BCUT2D eigenvalue weighted by atomic mass is 10.1. The van der Waals surface area contributed by atoms with Gasteiger partial charge in [0.1, 0.15) is 0 Å². The van der Waals surface area contributed by atoms with Gasteiger partial charge in [-0.2, -0.15) is 5.10 Å². The summed E-state index contributed by atoms with van der Waals surface area (Å²) in [5.74, 6) is -1.32. The first kappa shape index (κ1) is 13.1. The zero-order chi connectivity index (χ0) is 13.7. The van der Waals surface area contributed by atoms with E-state index < -0.39 is 11.6 Å². The van der Waals surface area contributed by atoms with Gasteiger partial charge in [0.05, 0.1) is 12.6 Å². The molecule has 100 valence electrons. The third-order valence-corrected chi connectivity index (χ3v) is 2.67.